The van der Waals surface area contributed by atoms with Gasteiger partial charge in [-0.05, 0) is 30.7 Å². The van der Waals surface area contributed by atoms with Crippen molar-refractivity contribution in [1.82, 2.24) is 25.6 Å². The third-order valence-corrected chi connectivity index (χ3v) is 6.15. The minimum Gasteiger partial charge on any atom is -0.481 e. The van der Waals surface area contributed by atoms with Crippen LogP contribution < -0.4 is 21.1 Å². The molecule has 1 aromatic carbocycles. The number of halogens is 1. The molecule has 2 aliphatic heterocycles. The van der Waals surface area contributed by atoms with Crippen molar-refractivity contribution < 1.29 is 18.7 Å². The molecule has 0 unspecified atom stereocenters. The van der Waals surface area contributed by atoms with Gasteiger partial charge in [0, 0.05) is 31.1 Å². The minimum atomic E-state index is -0.365. The van der Waals surface area contributed by atoms with Gasteiger partial charge in [0.25, 0.3) is 0 Å². The van der Waals surface area contributed by atoms with E-state index in [0.717, 1.165) is 23.4 Å². The van der Waals surface area contributed by atoms with E-state index < -0.39 is 0 Å². The highest BCUT2D eigenvalue weighted by Crippen LogP contribution is 2.34. The molecule has 2 atom stereocenters. The van der Waals surface area contributed by atoms with Gasteiger partial charge in [0.2, 0.25) is 11.8 Å². The van der Waals surface area contributed by atoms with Crippen LogP contribution in [0.25, 0.3) is 11.3 Å². The summed E-state index contributed by atoms with van der Waals surface area (Å²) in [5, 5.41) is 11.1. The van der Waals surface area contributed by atoms with E-state index in [1.807, 2.05) is 19.1 Å². The Morgan fingerprint density at radius 3 is 2.92 bits per heavy atom. The Morgan fingerprint density at radius 1 is 1.22 bits per heavy atom. The number of nitrogens with zero attached hydrogens (tertiary/aromatic N) is 4. The van der Waals surface area contributed by atoms with E-state index in [4.69, 9.17) is 20.0 Å². The third-order valence-electron chi connectivity index (χ3n) is 6.15. The van der Waals surface area contributed by atoms with Crippen LogP contribution in [-0.4, -0.2) is 60.3 Å². The number of aryl methyl sites for hydroxylation is 1. The van der Waals surface area contributed by atoms with Gasteiger partial charge in [-0.15, -0.1) is 0 Å². The van der Waals surface area contributed by atoms with Gasteiger partial charge in [0.15, 0.2) is 5.84 Å². The van der Waals surface area contributed by atoms with Gasteiger partial charge in [0.05, 0.1) is 42.4 Å². The molecule has 0 amide bonds. The zero-order chi connectivity index (χ0) is 25.1. The number of nitrogen functional groups attached to an aromatic ring is 1. The summed E-state index contributed by atoms with van der Waals surface area (Å²) in [4.78, 5) is 19.0. The van der Waals surface area contributed by atoms with E-state index in [-0.39, 0.29) is 23.9 Å². The lowest BCUT2D eigenvalue weighted by molar-refractivity contribution is -0.0304. The topological polar surface area (TPSA) is 129 Å². The molecule has 4 heterocycles. The van der Waals surface area contributed by atoms with Gasteiger partial charge >= 0.3 is 0 Å². The number of anilines is 1. The van der Waals surface area contributed by atoms with Crippen LogP contribution in [0.2, 0.25) is 0 Å². The first-order chi connectivity index (χ1) is 17.5. The van der Waals surface area contributed by atoms with Gasteiger partial charge < -0.3 is 30.7 Å². The summed E-state index contributed by atoms with van der Waals surface area (Å²) in [5.41, 5.74) is 10.2. The number of benzene rings is 1. The van der Waals surface area contributed by atoms with Crippen molar-refractivity contribution in [3.05, 3.63) is 64.7 Å². The Hall–Kier alpha value is -3.83. The highest BCUT2D eigenvalue weighted by molar-refractivity contribution is 6.01. The molecule has 11 heteroatoms. The maximum absolute atomic E-state index is 14.4. The second-order valence-electron chi connectivity index (χ2n) is 8.62. The van der Waals surface area contributed by atoms with Crippen LogP contribution in [0.4, 0.5) is 10.3 Å². The van der Waals surface area contributed by atoms with E-state index in [0.29, 0.717) is 54.8 Å². The van der Waals surface area contributed by atoms with Gasteiger partial charge in [-0.25, -0.2) is 19.3 Å². The number of ether oxygens (including phenoxy) is 2. The maximum atomic E-state index is 14.4. The molecule has 3 aromatic rings. The van der Waals surface area contributed by atoms with E-state index in [2.05, 4.69) is 30.7 Å². The van der Waals surface area contributed by atoms with Crippen LogP contribution in [0.5, 0.6) is 5.88 Å². The average molecular weight is 494 g/mol. The summed E-state index contributed by atoms with van der Waals surface area (Å²) >= 11 is 0. The first-order valence-corrected chi connectivity index (χ1v) is 11.7. The largest absolute Gasteiger partial charge is 0.481 e. The van der Waals surface area contributed by atoms with Crippen molar-refractivity contribution in [2.45, 2.75) is 25.5 Å². The lowest BCUT2D eigenvalue weighted by Crippen LogP contribution is -2.41. The molecule has 0 radical (unpaired) electrons. The normalized spacial score (nSPS) is 20.5. The van der Waals surface area contributed by atoms with E-state index >= 15 is 0 Å². The zero-order valence-electron chi connectivity index (χ0n) is 20.1. The maximum Gasteiger partial charge on any atom is 0.220 e. The molecule has 2 aromatic heterocycles. The number of methoxy groups -OCH3 is 1. The second kappa shape index (κ2) is 10.4. The van der Waals surface area contributed by atoms with Crippen LogP contribution in [-0.2, 0) is 16.0 Å². The molecule has 2 aliphatic rings. The first kappa shape index (κ1) is 23.9. The quantitative estimate of drug-likeness (QED) is 0.442. The fraction of sp³-hybridized carbons (Fsp3) is 0.360. The molecule has 1 fully saturated rings. The van der Waals surface area contributed by atoms with Crippen LogP contribution in [0.3, 0.4) is 0 Å². The number of fused-ring (bicyclic) bond motifs is 1. The molecule has 5 rings (SSSR count). The van der Waals surface area contributed by atoms with Crippen molar-refractivity contribution in [1.29, 1.82) is 0 Å². The monoisotopic (exact) mass is 493 g/mol. The first-order valence-electron chi connectivity index (χ1n) is 11.7. The molecular weight excluding hydrogens is 465 g/mol. The van der Waals surface area contributed by atoms with Crippen LogP contribution in [0.1, 0.15) is 28.6 Å². The molecule has 0 aliphatic carbocycles. The second-order valence-corrected chi connectivity index (χ2v) is 8.62. The van der Waals surface area contributed by atoms with Crippen molar-refractivity contribution in [2.75, 3.05) is 39.1 Å². The summed E-state index contributed by atoms with van der Waals surface area (Å²) in [6, 6.07) is 9.72. The standard InChI is InChI=1S/C25H28FN7O3/c1-14-23-21(32-25(27)29-14)11-20(31-24(23)33-36-13-16-12-28-8-9-35-16)17-7-6-15(26)10-18(17)19-4-3-5-22(30-19)34-2/h3-7,10,16,20,28H,8-9,11-13H2,1-2H3,(H,31,33)(H2,27,29,32)/t16-,20+/m0/s1. The van der Waals surface area contributed by atoms with Gasteiger partial charge in [0.1, 0.15) is 18.5 Å². The molecule has 4 N–H and O–H groups in total. The number of pyridine rings is 1. The number of hydrogen-bond acceptors (Lipinski definition) is 9. The number of morpholine rings is 1. The number of oxime groups is 1. The van der Waals surface area contributed by atoms with E-state index in [1.54, 1.807) is 19.2 Å². The lowest BCUT2D eigenvalue weighted by Gasteiger charge is -2.30. The predicted octanol–water partition coefficient (Wildman–Crippen LogP) is 2.13. The Balaban J connectivity index is 1.51. The number of nitrogens with two attached hydrogens (primary N) is 1. The summed E-state index contributed by atoms with van der Waals surface area (Å²) in [5.74, 6) is 0.741. The van der Waals surface area contributed by atoms with Crippen LogP contribution in [0.15, 0.2) is 41.6 Å². The Labute approximate surface area is 208 Å². The molecule has 1 saturated heterocycles. The fourth-order valence-electron chi connectivity index (χ4n) is 4.50. The lowest BCUT2D eigenvalue weighted by atomic mass is 9.90. The predicted molar refractivity (Wildman–Crippen MR) is 132 cm³/mol. The molecule has 10 nitrogen and oxygen atoms in total. The molecule has 36 heavy (non-hydrogen) atoms. The minimum absolute atomic E-state index is 0.0893. The smallest absolute Gasteiger partial charge is 0.220 e. The van der Waals surface area contributed by atoms with Crippen molar-refractivity contribution >= 4 is 11.8 Å². The molecule has 0 spiro atoms. The van der Waals surface area contributed by atoms with Crippen LogP contribution >= 0.6 is 0 Å². The van der Waals surface area contributed by atoms with Gasteiger partial charge in [-0.2, -0.15) is 0 Å². The average Bonchev–Trinajstić information content (AvgIpc) is 2.88. The van der Waals surface area contributed by atoms with E-state index in [9.17, 15) is 4.39 Å². The van der Waals surface area contributed by atoms with E-state index in [1.165, 1.54) is 12.1 Å². The number of rotatable bonds is 6. The molecule has 188 valence electrons. The third kappa shape index (κ3) is 5.07. The Bertz CT molecular complexity index is 1280. The number of nitrogens with one attached hydrogen (secondary N) is 2. The summed E-state index contributed by atoms with van der Waals surface area (Å²) in [7, 11) is 1.54. The molecular formula is C25H28FN7O3. The van der Waals surface area contributed by atoms with Crippen LogP contribution in [0, 0.1) is 12.7 Å². The van der Waals surface area contributed by atoms with Crippen molar-refractivity contribution in [3.8, 4) is 17.1 Å². The summed E-state index contributed by atoms with van der Waals surface area (Å²) < 4.78 is 25.3. The molecule has 0 saturated carbocycles. The van der Waals surface area contributed by atoms with Gasteiger partial charge in [-0.3, -0.25) is 0 Å². The highest BCUT2D eigenvalue weighted by atomic mass is 19.1. The van der Waals surface area contributed by atoms with Gasteiger partial charge in [-0.1, -0.05) is 17.3 Å². The SMILES string of the molecule is COc1cccc(-c2cc(F)ccc2[C@H]2Cc3nc(N)nc(C)c3/C(=N/OC[C@@H]3CNCCO3)N2)n1. The Morgan fingerprint density at radius 2 is 2.11 bits per heavy atom. The number of hydrogen-bond donors (Lipinski definition) is 3. The number of amidine groups is 1. The van der Waals surface area contributed by atoms with Crippen molar-refractivity contribution in [3.63, 3.8) is 0 Å². The summed E-state index contributed by atoms with van der Waals surface area (Å²) in [6.45, 7) is 4.30. The Kier molecular flexibility index (Phi) is 6.92. The summed E-state index contributed by atoms with van der Waals surface area (Å²) in [6.07, 6.45) is 0.397. The fourth-order valence-corrected chi connectivity index (χ4v) is 4.50. The molecule has 0 bridgehead atoms. The number of aromatic nitrogens is 3. The highest BCUT2D eigenvalue weighted by Gasteiger charge is 2.30. The zero-order valence-corrected chi connectivity index (χ0v) is 20.1. The van der Waals surface area contributed by atoms with Crippen molar-refractivity contribution in [2.24, 2.45) is 5.16 Å².